The van der Waals surface area contributed by atoms with E-state index in [1.54, 1.807) is 16.8 Å². The average molecular weight is 475 g/mol. The Labute approximate surface area is 202 Å². The number of hydrogen-bond donors (Lipinski definition) is 3. The second kappa shape index (κ2) is 10.0. The molecule has 0 saturated heterocycles. The highest BCUT2D eigenvalue weighted by Crippen LogP contribution is 2.24. The van der Waals surface area contributed by atoms with E-state index in [2.05, 4.69) is 10.5 Å². The van der Waals surface area contributed by atoms with Gasteiger partial charge in [-0.25, -0.2) is 4.68 Å². The fourth-order valence-corrected chi connectivity index (χ4v) is 4.05. The van der Waals surface area contributed by atoms with E-state index in [-0.39, 0.29) is 30.0 Å². The van der Waals surface area contributed by atoms with Crippen LogP contribution in [0.2, 0.25) is 0 Å². The first kappa shape index (κ1) is 24.1. The molecule has 35 heavy (non-hydrogen) atoms. The third kappa shape index (κ3) is 4.77. The maximum absolute atomic E-state index is 11.9. The minimum absolute atomic E-state index is 0. The second-order valence-corrected chi connectivity index (χ2v) is 8.69. The number of aromatic nitrogens is 2. The first-order chi connectivity index (χ1) is 16.5. The molecule has 6 rings (SSSR count). The molecule has 2 aliphatic rings. The number of rotatable bonds is 3. The van der Waals surface area contributed by atoms with Crippen molar-refractivity contribution < 1.29 is 10.2 Å². The van der Waals surface area contributed by atoms with Gasteiger partial charge in [-0.05, 0) is 62.8 Å². The molecule has 0 unspecified atom stereocenters. The van der Waals surface area contributed by atoms with E-state index in [4.69, 9.17) is 0 Å². The number of para-hydroxylation sites is 2. The quantitative estimate of drug-likeness (QED) is 0.404. The van der Waals surface area contributed by atoms with Crippen LogP contribution in [0.3, 0.4) is 0 Å². The predicted octanol–water partition coefficient (Wildman–Crippen LogP) is 4.53. The highest BCUT2D eigenvalue weighted by atomic mass is 16.3. The number of nitrogens with one attached hydrogen (secondary N) is 1. The van der Waals surface area contributed by atoms with Gasteiger partial charge in [0, 0.05) is 34.7 Å². The summed E-state index contributed by atoms with van der Waals surface area (Å²) in [4.78, 5) is 23.7. The average Bonchev–Trinajstić information content (AvgIpc) is 2.77. The molecule has 0 spiro atoms. The molecule has 2 saturated carbocycles. The van der Waals surface area contributed by atoms with Crippen molar-refractivity contribution >= 4 is 27.5 Å². The maximum Gasteiger partial charge on any atom is 0.275 e. The minimum atomic E-state index is -0.291. The molecule has 0 aliphatic heterocycles. The molecule has 0 radical (unpaired) electrons. The number of pyridine rings is 2. The van der Waals surface area contributed by atoms with Gasteiger partial charge in [-0.2, -0.15) is 9.78 Å². The van der Waals surface area contributed by atoms with Crippen molar-refractivity contribution in [2.45, 2.75) is 52.0 Å². The SMILES string of the molecule is C.O=c1cc(O)c2ccccc2n1N=C1CCC1.O=c1cc(O)c2ccccc2n1NC1CCC1. The lowest BCUT2D eigenvalue weighted by Crippen LogP contribution is -2.39. The first-order valence-electron chi connectivity index (χ1n) is 11.5. The van der Waals surface area contributed by atoms with E-state index < -0.39 is 0 Å². The molecular formula is C27H30N4O4. The molecule has 2 aromatic carbocycles. The van der Waals surface area contributed by atoms with Crippen molar-refractivity contribution in [3.63, 3.8) is 0 Å². The standard InChI is InChI=1S/C13H14N2O2.C13H12N2O2.CH4/c2*16-12-8-13(17)15(14-9-4-3-5-9)11-7-2-1-6-10(11)12;/h1-2,6-9,14,16H,3-5H2;1-2,6-8,16H,3-5H2;1H4. The van der Waals surface area contributed by atoms with Gasteiger partial charge in [-0.3, -0.25) is 9.59 Å². The summed E-state index contributed by atoms with van der Waals surface area (Å²) < 4.78 is 2.92. The zero-order valence-corrected chi connectivity index (χ0v) is 18.6. The Bertz CT molecular complexity index is 1510. The van der Waals surface area contributed by atoms with Gasteiger partial charge in [0.2, 0.25) is 0 Å². The van der Waals surface area contributed by atoms with Gasteiger partial charge in [0.25, 0.3) is 11.1 Å². The van der Waals surface area contributed by atoms with E-state index in [0.717, 1.165) is 43.3 Å². The number of nitrogens with zero attached hydrogens (tertiary/aromatic N) is 3. The zero-order chi connectivity index (χ0) is 23.7. The molecule has 2 aliphatic carbocycles. The normalized spacial score (nSPS) is 14.8. The van der Waals surface area contributed by atoms with E-state index in [9.17, 15) is 19.8 Å². The van der Waals surface area contributed by atoms with Crippen LogP contribution in [0.4, 0.5) is 0 Å². The van der Waals surface area contributed by atoms with Gasteiger partial charge in [-0.15, -0.1) is 0 Å². The molecular weight excluding hydrogens is 444 g/mol. The maximum atomic E-state index is 11.9. The molecule has 2 heterocycles. The summed E-state index contributed by atoms with van der Waals surface area (Å²) in [6.07, 6.45) is 6.47. The Hall–Kier alpha value is -4.07. The van der Waals surface area contributed by atoms with Crippen LogP contribution >= 0.6 is 0 Å². The van der Waals surface area contributed by atoms with Crippen LogP contribution in [0.15, 0.2) is 75.4 Å². The molecule has 4 aromatic rings. The van der Waals surface area contributed by atoms with Gasteiger partial charge in [0.05, 0.1) is 11.0 Å². The summed E-state index contributed by atoms with van der Waals surface area (Å²) in [5, 5.41) is 25.1. The number of aromatic hydroxyl groups is 2. The molecule has 2 aromatic heterocycles. The van der Waals surface area contributed by atoms with Crippen molar-refractivity contribution in [1.82, 2.24) is 9.35 Å². The lowest BCUT2D eigenvalue weighted by Gasteiger charge is -2.28. The monoisotopic (exact) mass is 474 g/mol. The highest BCUT2D eigenvalue weighted by molar-refractivity contribution is 5.90. The topological polar surface area (TPSA) is 109 Å². The smallest absolute Gasteiger partial charge is 0.275 e. The van der Waals surface area contributed by atoms with Crippen molar-refractivity contribution in [1.29, 1.82) is 0 Å². The number of fused-ring (bicyclic) bond motifs is 2. The summed E-state index contributed by atoms with van der Waals surface area (Å²) in [5.41, 5.74) is 5.12. The van der Waals surface area contributed by atoms with E-state index in [0.29, 0.717) is 22.3 Å². The van der Waals surface area contributed by atoms with E-state index in [1.165, 1.54) is 23.2 Å². The molecule has 2 fully saturated rings. The number of benzene rings is 2. The summed E-state index contributed by atoms with van der Waals surface area (Å²) in [6.45, 7) is 0. The Kier molecular flexibility index (Phi) is 6.91. The fraction of sp³-hybridized carbons (Fsp3) is 0.296. The largest absolute Gasteiger partial charge is 0.507 e. The zero-order valence-electron chi connectivity index (χ0n) is 18.6. The molecule has 0 atom stereocenters. The Morgan fingerprint density at radius 3 is 1.94 bits per heavy atom. The van der Waals surface area contributed by atoms with Crippen molar-refractivity contribution in [3.05, 3.63) is 81.4 Å². The molecule has 0 bridgehead atoms. The van der Waals surface area contributed by atoms with Gasteiger partial charge in [0.15, 0.2) is 0 Å². The second-order valence-electron chi connectivity index (χ2n) is 8.69. The Morgan fingerprint density at radius 2 is 1.37 bits per heavy atom. The summed E-state index contributed by atoms with van der Waals surface area (Å²) in [7, 11) is 0. The van der Waals surface area contributed by atoms with Gasteiger partial charge in [-0.1, -0.05) is 31.7 Å². The van der Waals surface area contributed by atoms with Gasteiger partial charge < -0.3 is 15.6 Å². The molecule has 8 nitrogen and oxygen atoms in total. The van der Waals surface area contributed by atoms with Crippen molar-refractivity contribution in [2.24, 2.45) is 5.10 Å². The Morgan fingerprint density at radius 1 is 0.800 bits per heavy atom. The van der Waals surface area contributed by atoms with Crippen LogP contribution in [0.1, 0.15) is 46.0 Å². The highest BCUT2D eigenvalue weighted by Gasteiger charge is 2.19. The van der Waals surface area contributed by atoms with Gasteiger partial charge >= 0.3 is 0 Å². The van der Waals surface area contributed by atoms with Crippen LogP contribution in [-0.4, -0.2) is 31.3 Å². The molecule has 0 amide bonds. The van der Waals surface area contributed by atoms with Crippen LogP contribution in [0, 0.1) is 0 Å². The minimum Gasteiger partial charge on any atom is -0.507 e. The molecule has 182 valence electrons. The molecule has 3 N–H and O–H groups in total. The Balaban J connectivity index is 0.000000160. The first-order valence-corrected chi connectivity index (χ1v) is 11.5. The van der Waals surface area contributed by atoms with Crippen molar-refractivity contribution in [3.8, 4) is 11.5 Å². The van der Waals surface area contributed by atoms with Gasteiger partial charge in [0.1, 0.15) is 11.5 Å². The number of hydrogen-bond acceptors (Lipinski definition) is 6. The summed E-state index contributed by atoms with van der Waals surface area (Å²) in [6, 6.07) is 17.4. The van der Waals surface area contributed by atoms with Crippen LogP contribution < -0.4 is 16.5 Å². The third-order valence-electron chi connectivity index (χ3n) is 6.37. The van der Waals surface area contributed by atoms with E-state index >= 15 is 0 Å². The summed E-state index contributed by atoms with van der Waals surface area (Å²) in [5.74, 6) is 0.0490. The third-order valence-corrected chi connectivity index (χ3v) is 6.37. The predicted molar refractivity (Wildman–Crippen MR) is 140 cm³/mol. The van der Waals surface area contributed by atoms with Crippen LogP contribution in [-0.2, 0) is 0 Å². The summed E-state index contributed by atoms with van der Waals surface area (Å²) >= 11 is 0. The van der Waals surface area contributed by atoms with E-state index in [1.807, 2.05) is 36.4 Å². The fourth-order valence-electron chi connectivity index (χ4n) is 4.05. The lowest BCUT2D eigenvalue weighted by atomic mass is 9.94. The lowest BCUT2D eigenvalue weighted by molar-refractivity contribution is 0.414. The molecule has 8 heteroatoms. The van der Waals surface area contributed by atoms with Crippen LogP contribution in [0.5, 0.6) is 11.5 Å². The van der Waals surface area contributed by atoms with Crippen molar-refractivity contribution in [2.75, 3.05) is 5.43 Å². The van der Waals surface area contributed by atoms with Crippen LogP contribution in [0.25, 0.3) is 21.8 Å².